The zero-order chi connectivity index (χ0) is 65.3. The molecule has 35 heteroatoms. The summed E-state index contributed by atoms with van der Waals surface area (Å²) in [7, 11) is 0. The molecule has 488 valence electrons. The van der Waals surface area contributed by atoms with E-state index in [2.05, 4.69) is 0 Å². The molecule has 0 radical (unpaired) electrons. The minimum absolute atomic E-state index is 0.752. The molecular weight excluding hydrogens is 1180 g/mol. The molecule has 4 aliphatic heterocycles. The molecule has 4 rings (SSSR count). The monoisotopic (exact) mass is 1250 g/mol. The highest BCUT2D eigenvalue weighted by atomic mass is 16.8. The molecule has 0 bridgehead atoms. The number of hydrogen-bond donors (Lipinski definition) is 0. The Morgan fingerprint density at radius 3 is 0.598 bits per heavy atom. The van der Waals surface area contributed by atoms with Crippen molar-refractivity contribution in [3.63, 3.8) is 0 Å². The lowest BCUT2D eigenvalue weighted by atomic mass is 9.94. The molecule has 0 spiro atoms. The molecule has 0 aromatic rings. The lowest BCUT2D eigenvalue weighted by molar-refractivity contribution is -0.388. The molecule has 35 nitrogen and oxygen atoms in total. The Morgan fingerprint density at radius 2 is 0.379 bits per heavy atom. The molecule has 4 saturated heterocycles. The maximum Gasteiger partial charge on any atom is 0.305 e. The van der Waals surface area contributed by atoms with Crippen LogP contribution in [0.2, 0.25) is 0 Å². The number of rotatable bonds is 24. The summed E-state index contributed by atoms with van der Waals surface area (Å²) in [5.41, 5.74) is 0. The predicted molar refractivity (Wildman–Crippen MR) is 268 cm³/mol. The SMILES string of the molecule is CC(=O)OC[C@H]1O[C@@H](O[C@H]2[C@H](OC(C)=O)[C@@H](OC(C)=O)[C@H](O[C@H]3[C@H](OC(C)=O)[C@@H](OC(C)=O)[C@H](O[C@H]4[C@H](OC(C)=O)[C@@H](OC(C)=O)C(OC(C)=O)O[C@@H]4COC(C)=O)O[C@@H]3COC(C)=O)O[C@@H]2COC(C)=O)[C@H](OC(C)=O)[C@@H](OC(C)=O)[C@@H]1OC(C)=O. The second-order valence-electron chi connectivity index (χ2n) is 19.5. The van der Waals surface area contributed by atoms with Gasteiger partial charge in [0.15, 0.2) is 67.7 Å². The van der Waals surface area contributed by atoms with Gasteiger partial charge < -0.3 is 99.5 Å². The Balaban J connectivity index is 1.99. The molecule has 20 atom stereocenters. The second kappa shape index (κ2) is 32.9. The highest BCUT2D eigenvalue weighted by molar-refractivity contribution is 5.71. The molecule has 0 aliphatic carbocycles. The molecule has 4 fully saturated rings. The van der Waals surface area contributed by atoms with E-state index in [9.17, 15) is 67.1 Å². The highest BCUT2D eigenvalue weighted by Crippen LogP contribution is 2.40. The average Bonchev–Trinajstić information content (AvgIpc) is 0.842. The van der Waals surface area contributed by atoms with Crippen molar-refractivity contribution in [3.05, 3.63) is 0 Å². The van der Waals surface area contributed by atoms with Crippen LogP contribution in [0.4, 0.5) is 0 Å². The van der Waals surface area contributed by atoms with Crippen LogP contribution in [0.1, 0.15) is 96.9 Å². The van der Waals surface area contributed by atoms with E-state index >= 15 is 0 Å². The fourth-order valence-corrected chi connectivity index (χ4v) is 9.30. The molecule has 4 aliphatic rings. The summed E-state index contributed by atoms with van der Waals surface area (Å²) in [6, 6.07) is 0. The van der Waals surface area contributed by atoms with Gasteiger partial charge in [-0.1, -0.05) is 0 Å². The second-order valence-corrected chi connectivity index (χ2v) is 19.5. The van der Waals surface area contributed by atoms with E-state index < -0.39 is 233 Å². The highest BCUT2D eigenvalue weighted by Gasteiger charge is 2.62. The van der Waals surface area contributed by atoms with E-state index in [4.69, 9.17) is 99.5 Å². The van der Waals surface area contributed by atoms with Gasteiger partial charge in [0.2, 0.25) is 12.4 Å². The zero-order valence-corrected chi connectivity index (χ0v) is 49.7. The quantitative estimate of drug-likeness (QED) is 0.0763. The fraction of sp³-hybridized carbons (Fsp3) is 0.731. The Hall–Kier alpha value is -7.70. The minimum Gasteiger partial charge on any atom is -0.463 e. The summed E-state index contributed by atoms with van der Waals surface area (Å²) in [5, 5.41) is 0. The third-order valence-electron chi connectivity index (χ3n) is 12.0. The van der Waals surface area contributed by atoms with Crippen LogP contribution in [-0.2, 0) is 167 Å². The van der Waals surface area contributed by atoms with Gasteiger partial charge in [-0.2, -0.15) is 0 Å². The first kappa shape index (κ1) is 71.8. The maximum absolute atomic E-state index is 13.3. The van der Waals surface area contributed by atoms with Crippen molar-refractivity contribution in [2.24, 2.45) is 0 Å². The molecule has 0 N–H and O–H groups in total. The zero-order valence-electron chi connectivity index (χ0n) is 49.7. The van der Waals surface area contributed by atoms with Crippen LogP contribution in [0.25, 0.3) is 0 Å². The van der Waals surface area contributed by atoms with Gasteiger partial charge in [-0.05, 0) is 0 Å². The van der Waals surface area contributed by atoms with Crippen molar-refractivity contribution < 1.29 is 167 Å². The molecule has 0 aromatic carbocycles. The molecule has 0 aromatic heterocycles. The van der Waals surface area contributed by atoms with Gasteiger partial charge in [0.1, 0.15) is 69.2 Å². The summed E-state index contributed by atoms with van der Waals surface area (Å²) >= 11 is 0. The molecule has 4 heterocycles. The van der Waals surface area contributed by atoms with Crippen molar-refractivity contribution in [2.75, 3.05) is 26.4 Å². The summed E-state index contributed by atoms with van der Waals surface area (Å²) in [4.78, 5) is 178. The van der Waals surface area contributed by atoms with Gasteiger partial charge in [0.25, 0.3) is 0 Å². The van der Waals surface area contributed by atoms with E-state index in [-0.39, 0.29) is 0 Å². The van der Waals surface area contributed by atoms with Crippen molar-refractivity contribution in [1.29, 1.82) is 0 Å². The first-order chi connectivity index (χ1) is 40.6. The van der Waals surface area contributed by atoms with Crippen LogP contribution in [0.3, 0.4) is 0 Å². The van der Waals surface area contributed by atoms with Gasteiger partial charge in [0, 0.05) is 96.9 Å². The third kappa shape index (κ3) is 21.9. The van der Waals surface area contributed by atoms with Crippen LogP contribution < -0.4 is 0 Å². The van der Waals surface area contributed by atoms with E-state index in [0.29, 0.717) is 0 Å². The van der Waals surface area contributed by atoms with Gasteiger partial charge in [-0.3, -0.25) is 67.1 Å². The lowest BCUT2D eigenvalue weighted by Gasteiger charge is -2.51. The van der Waals surface area contributed by atoms with Crippen LogP contribution in [-0.4, -0.2) is 233 Å². The molecule has 0 amide bonds. The van der Waals surface area contributed by atoms with Crippen molar-refractivity contribution in [1.82, 2.24) is 0 Å². The van der Waals surface area contributed by atoms with Crippen LogP contribution >= 0.6 is 0 Å². The van der Waals surface area contributed by atoms with Gasteiger partial charge in [-0.15, -0.1) is 0 Å². The first-order valence-corrected chi connectivity index (χ1v) is 26.5. The van der Waals surface area contributed by atoms with Crippen molar-refractivity contribution >= 4 is 83.6 Å². The summed E-state index contributed by atoms with van der Waals surface area (Å²) < 4.78 is 121. The Labute approximate surface area is 495 Å². The van der Waals surface area contributed by atoms with Gasteiger partial charge in [0.05, 0.1) is 0 Å². The smallest absolute Gasteiger partial charge is 0.305 e. The summed E-state index contributed by atoms with van der Waals surface area (Å²) in [5.74, 6) is -14.6. The normalized spacial score (nSPS) is 31.9. The van der Waals surface area contributed by atoms with Crippen molar-refractivity contribution in [2.45, 2.75) is 220 Å². The molecular formula is C52H70O35. The average molecular weight is 1260 g/mol. The van der Waals surface area contributed by atoms with Gasteiger partial charge in [-0.25, -0.2) is 0 Å². The largest absolute Gasteiger partial charge is 0.463 e. The van der Waals surface area contributed by atoms with E-state index in [0.717, 1.165) is 96.9 Å². The third-order valence-corrected chi connectivity index (χ3v) is 12.0. The van der Waals surface area contributed by atoms with Crippen LogP contribution in [0.5, 0.6) is 0 Å². The number of esters is 14. The lowest BCUT2D eigenvalue weighted by Crippen LogP contribution is -2.69. The standard InChI is InChI=1S/C52H70O35/c1-19(53)67-15-33-37(71-23(5)57)41(72-24(6)58)46(77-29(11)63)50(82-33)86-39-35(17-69-21(3)55)84-52(48(79-31(13)65)43(39)74-26(8)60)87-40-36(18-70-22(4)56)83-51(47(78-30(12)64)44(40)75-27(9)61)85-38-34(16-68-20(2)54)81-49(80-32(14)66)45(76-28(10)62)42(38)73-25(7)59/h33-52H,15-18H2,1-14H3/t33-,34-,35-,36-,37-,38-,39-,40-,41+,42+,43+,44+,45-,46-,47-,48-,49?,50+,51+,52+/m1/s1. The Kier molecular flexibility index (Phi) is 27.1. The number of carbonyl (C=O) groups excluding carboxylic acids is 14. The molecule has 0 saturated carbocycles. The fourth-order valence-electron chi connectivity index (χ4n) is 9.30. The van der Waals surface area contributed by atoms with Gasteiger partial charge >= 0.3 is 83.6 Å². The summed E-state index contributed by atoms with van der Waals surface area (Å²) in [6.07, 6.45) is -39.2. The summed E-state index contributed by atoms with van der Waals surface area (Å²) in [6.45, 7) is 9.74. The van der Waals surface area contributed by atoms with Crippen molar-refractivity contribution in [3.8, 4) is 0 Å². The molecule has 1 unspecified atom stereocenters. The minimum atomic E-state index is -2.23. The first-order valence-electron chi connectivity index (χ1n) is 26.5. The molecule has 87 heavy (non-hydrogen) atoms. The van der Waals surface area contributed by atoms with E-state index in [1.165, 1.54) is 0 Å². The van der Waals surface area contributed by atoms with Crippen LogP contribution in [0.15, 0.2) is 0 Å². The van der Waals surface area contributed by atoms with E-state index in [1.807, 2.05) is 0 Å². The Morgan fingerprint density at radius 1 is 0.207 bits per heavy atom. The number of carbonyl (C=O) groups is 14. The number of hydrogen-bond acceptors (Lipinski definition) is 35. The van der Waals surface area contributed by atoms with Crippen LogP contribution in [0, 0.1) is 0 Å². The number of ether oxygens (including phenoxy) is 21. The predicted octanol–water partition coefficient (Wildman–Crippen LogP) is -1.76. The Bertz CT molecular complexity index is 2530. The van der Waals surface area contributed by atoms with E-state index in [1.54, 1.807) is 0 Å². The topological polar surface area (TPSA) is 433 Å². The maximum atomic E-state index is 13.3.